The molecule has 0 saturated carbocycles. The zero-order chi connectivity index (χ0) is 13.7. The molecule has 0 saturated heterocycles. The van der Waals surface area contributed by atoms with Crippen LogP contribution in [0, 0.1) is 6.07 Å². The second kappa shape index (κ2) is 6.15. The second-order valence-electron chi connectivity index (χ2n) is 4.48. The molecule has 19 heavy (non-hydrogen) atoms. The van der Waals surface area contributed by atoms with E-state index in [4.69, 9.17) is 0 Å². The highest BCUT2D eigenvalue weighted by Crippen LogP contribution is 2.14. The highest BCUT2D eigenvalue weighted by Gasteiger charge is 2.10. The third-order valence-corrected chi connectivity index (χ3v) is 2.65. The van der Waals surface area contributed by atoms with E-state index < -0.39 is 0 Å². The molecule has 99 valence electrons. The van der Waals surface area contributed by atoms with Gasteiger partial charge in [-0.15, -0.1) is 0 Å². The Kier molecular flexibility index (Phi) is 4.30. The Bertz CT molecular complexity index is 533. The number of nitrogens with zero attached hydrogens (tertiary/aromatic N) is 2. The third kappa shape index (κ3) is 3.66. The summed E-state index contributed by atoms with van der Waals surface area (Å²) >= 11 is 0. The molecule has 0 aliphatic heterocycles. The van der Waals surface area contributed by atoms with Crippen molar-refractivity contribution in [1.29, 1.82) is 0 Å². The van der Waals surface area contributed by atoms with Crippen LogP contribution in [-0.4, -0.2) is 48.0 Å². The van der Waals surface area contributed by atoms with E-state index in [0.29, 0.717) is 18.1 Å². The van der Waals surface area contributed by atoms with Crippen molar-refractivity contribution in [1.82, 2.24) is 20.2 Å². The van der Waals surface area contributed by atoms with Crippen molar-refractivity contribution >= 4 is 5.91 Å². The molecule has 1 aromatic heterocycles. The lowest BCUT2D eigenvalue weighted by molar-refractivity contribution is 0.0946. The number of amides is 1. The molecule has 0 aliphatic rings. The number of aromatic nitrogens is 2. The van der Waals surface area contributed by atoms with Gasteiger partial charge in [-0.1, -0.05) is 24.3 Å². The fraction of sp³-hybridized carbons (Fsp3) is 0.286. The van der Waals surface area contributed by atoms with Crippen molar-refractivity contribution in [3.8, 4) is 11.4 Å². The Hall–Kier alpha value is -2.14. The smallest absolute Gasteiger partial charge is 0.271 e. The summed E-state index contributed by atoms with van der Waals surface area (Å²) in [5.74, 6) is 0.526. The van der Waals surface area contributed by atoms with Gasteiger partial charge in [-0.25, -0.2) is 4.98 Å². The summed E-state index contributed by atoms with van der Waals surface area (Å²) < 4.78 is 0. The van der Waals surface area contributed by atoms with Crippen LogP contribution in [0.1, 0.15) is 10.5 Å². The largest absolute Gasteiger partial charge is 0.349 e. The first-order valence-corrected chi connectivity index (χ1v) is 6.11. The van der Waals surface area contributed by atoms with Gasteiger partial charge in [0.2, 0.25) is 0 Å². The molecule has 5 nitrogen and oxygen atoms in total. The van der Waals surface area contributed by atoms with Gasteiger partial charge in [0.05, 0.1) is 0 Å². The summed E-state index contributed by atoms with van der Waals surface area (Å²) in [4.78, 5) is 21.2. The van der Waals surface area contributed by atoms with Crippen molar-refractivity contribution < 1.29 is 4.79 Å². The van der Waals surface area contributed by atoms with Crippen LogP contribution >= 0.6 is 0 Å². The topological polar surface area (TPSA) is 61.0 Å². The lowest BCUT2D eigenvalue weighted by Gasteiger charge is -2.09. The second-order valence-corrected chi connectivity index (χ2v) is 4.48. The quantitative estimate of drug-likeness (QED) is 0.845. The zero-order valence-corrected chi connectivity index (χ0v) is 11.1. The standard InChI is InChI=1S/C14H17N4O/c1-18(2)9-8-15-14(19)12-10-16-13(17-12)11-6-4-3-5-7-11/h4-7,10H,8-9H2,1-2H3,(H,15,19)(H,16,17). The van der Waals surface area contributed by atoms with Gasteiger partial charge in [-0.3, -0.25) is 4.79 Å². The van der Waals surface area contributed by atoms with Crippen LogP contribution in [0.2, 0.25) is 0 Å². The van der Waals surface area contributed by atoms with E-state index in [0.717, 1.165) is 12.1 Å². The average Bonchev–Trinajstić information content (AvgIpc) is 2.89. The van der Waals surface area contributed by atoms with Gasteiger partial charge in [0.25, 0.3) is 5.91 Å². The molecule has 0 unspecified atom stereocenters. The highest BCUT2D eigenvalue weighted by molar-refractivity contribution is 5.92. The minimum absolute atomic E-state index is 0.160. The summed E-state index contributed by atoms with van der Waals surface area (Å²) in [6.45, 7) is 1.41. The molecule has 1 heterocycles. The molecule has 0 atom stereocenters. The first kappa shape index (κ1) is 13.3. The predicted molar refractivity (Wildman–Crippen MR) is 73.7 cm³/mol. The van der Waals surface area contributed by atoms with Crippen LogP contribution < -0.4 is 5.32 Å². The molecule has 0 aliphatic carbocycles. The van der Waals surface area contributed by atoms with Crippen molar-refractivity contribution in [3.05, 3.63) is 42.2 Å². The van der Waals surface area contributed by atoms with Crippen LogP contribution in [0.4, 0.5) is 0 Å². The first-order chi connectivity index (χ1) is 9.16. The molecule has 1 aromatic carbocycles. The average molecular weight is 257 g/mol. The number of aromatic amines is 1. The van der Waals surface area contributed by atoms with Gasteiger partial charge in [0.15, 0.2) is 0 Å². The normalized spacial score (nSPS) is 10.7. The summed E-state index contributed by atoms with van der Waals surface area (Å²) in [6, 6.07) is 10.4. The van der Waals surface area contributed by atoms with Crippen LogP contribution in [0.5, 0.6) is 0 Å². The van der Waals surface area contributed by atoms with Gasteiger partial charge in [0, 0.05) is 24.8 Å². The van der Waals surface area contributed by atoms with Gasteiger partial charge in [-0.05, 0) is 20.2 Å². The molecular weight excluding hydrogens is 240 g/mol. The molecular formula is C14H17N4O. The van der Waals surface area contributed by atoms with Crippen molar-refractivity contribution in [2.45, 2.75) is 0 Å². The molecule has 1 amide bonds. The number of hydrogen-bond acceptors (Lipinski definition) is 3. The number of H-pyrrole nitrogens is 1. The lowest BCUT2D eigenvalue weighted by Crippen LogP contribution is -2.31. The molecule has 2 rings (SSSR count). The number of carbonyl (C=O) groups is 1. The third-order valence-electron chi connectivity index (χ3n) is 2.65. The molecule has 0 fully saturated rings. The first-order valence-electron chi connectivity index (χ1n) is 6.11. The van der Waals surface area contributed by atoms with E-state index in [-0.39, 0.29) is 5.91 Å². The number of hydrogen-bond donors (Lipinski definition) is 2. The van der Waals surface area contributed by atoms with Crippen molar-refractivity contribution in [2.24, 2.45) is 0 Å². The Balaban J connectivity index is 1.99. The van der Waals surface area contributed by atoms with Gasteiger partial charge < -0.3 is 15.2 Å². The minimum atomic E-state index is -0.160. The molecule has 1 radical (unpaired) electrons. The summed E-state index contributed by atoms with van der Waals surface area (Å²) in [6.07, 6.45) is 1.62. The molecule has 0 spiro atoms. The van der Waals surface area contributed by atoms with E-state index >= 15 is 0 Å². The number of benzene rings is 1. The van der Waals surface area contributed by atoms with E-state index in [2.05, 4.69) is 21.4 Å². The highest BCUT2D eigenvalue weighted by atomic mass is 16.1. The summed E-state index contributed by atoms with van der Waals surface area (Å²) in [5.41, 5.74) is 1.34. The Morgan fingerprint density at radius 3 is 2.84 bits per heavy atom. The van der Waals surface area contributed by atoms with E-state index in [1.54, 1.807) is 6.20 Å². The fourth-order valence-electron chi connectivity index (χ4n) is 1.61. The summed E-state index contributed by atoms with van der Waals surface area (Å²) in [7, 11) is 3.93. The summed E-state index contributed by atoms with van der Waals surface area (Å²) in [5, 5.41) is 2.83. The SMILES string of the molecule is CN(C)CCNC(=O)c1c[nH]c(-c2cc[c]cc2)n1. The zero-order valence-electron chi connectivity index (χ0n) is 11.1. The maximum atomic E-state index is 11.9. The Labute approximate surface area is 112 Å². The van der Waals surface area contributed by atoms with Crippen molar-refractivity contribution in [3.63, 3.8) is 0 Å². The van der Waals surface area contributed by atoms with Crippen LogP contribution in [0.25, 0.3) is 11.4 Å². The fourth-order valence-corrected chi connectivity index (χ4v) is 1.61. The lowest BCUT2D eigenvalue weighted by atomic mass is 10.2. The Morgan fingerprint density at radius 2 is 2.16 bits per heavy atom. The number of imidazole rings is 1. The molecule has 2 N–H and O–H groups in total. The predicted octanol–water partition coefficient (Wildman–Crippen LogP) is 1.17. The maximum Gasteiger partial charge on any atom is 0.271 e. The number of rotatable bonds is 5. The number of carbonyl (C=O) groups excluding carboxylic acids is 1. The van der Waals surface area contributed by atoms with E-state index in [1.807, 2.05) is 43.3 Å². The van der Waals surface area contributed by atoms with E-state index in [9.17, 15) is 4.79 Å². The monoisotopic (exact) mass is 257 g/mol. The van der Waals surface area contributed by atoms with E-state index in [1.165, 1.54) is 0 Å². The van der Waals surface area contributed by atoms with Crippen LogP contribution in [0.3, 0.4) is 0 Å². The molecule has 2 aromatic rings. The van der Waals surface area contributed by atoms with Gasteiger partial charge in [0.1, 0.15) is 11.5 Å². The maximum absolute atomic E-state index is 11.9. The van der Waals surface area contributed by atoms with Crippen LogP contribution in [0.15, 0.2) is 30.5 Å². The number of nitrogens with one attached hydrogen (secondary N) is 2. The van der Waals surface area contributed by atoms with Crippen molar-refractivity contribution in [2.75, 3.05) is 27.2 Å². The minimum Gasteiger partial charge on any atom is -0.349 e. The molecule has 0 bridgehead atoms. The van der Waals surface area contributed by atoms with Gasteiger partial charge in [-0.2, -0.15) is 0 Å². The number of likely N-dealkylation sites (N-methyl/N-ethyl adjacent to an activating group) is 1. The molecule has 5 heteroatoms. The van der Waals surface area contributed by atoms with Gasteiger partial charge >= 0.3 is 0 Å². The van der Waals surface area contributed by atoms with Crippen LogP contribution in [-0.2, 0) is 0 Å². The Morgan fingerprint density at radius 1 is 1.42 bits per heavy atom.